The lowest BCUT2D eigenvalue weighted by Crippen LogP contribution is -2.28. The van der Waals surface area contributed by atoms with Crippen molar-refractivity contribution >= 4 is 29.1 Å². The third-order valence-corrected chi connectivity index (χ3v) is 4.81. The van der Waals surface area contributed by atoms with Gasteiger partial charge >= 0.3 is 0 Å². The number of methoxy groups -OCH3 is 2. The summed E-state index contributed by atoms with van der Waals surface area (Å²) in [5, 5.41) is 5.43. The molecule has 1 fully saturated rings. The molecule has 0 aliphatic carbocycles. The molecule has 1 aromatic carbocycles. The second kappa shape index (κ2) is 9.82. The fraction of sp³-hybridized carbons (Fsp3) is 0.381. The normalized spacial score (nSPS) is 13.1. The van der Waals surface area contributed by atoms with Gasteiger partial charge in [0, 0.05) is 38.1 Å². The van der Waals surface area contributed by atoms with Gasteiger partial charge in [0.2, 0.25) is 11.8 Å². The van der Waals surface area contributed by atoms with Crippen LogP contribution in [0.4, 0.5) is 11.4 Å². The maximum atomic E-state index is 12.4. The smallest absolute Gasteiger partial charge is 0.291 e. The van der Waals surface area contributed by atoms with E-state index in [-0.39, 0.29) is 30.4 Å². The van der Waals surface area contributed by atoms with Gasteiger partial charge < -0.3 is 29.4 Å². The summed E-state index contributed by atoms with van der Waals surface area (Å²) < 4.78 is 15.8. The summed E-state index contributed by atoms with van der Waals surface area (Å²) >= 11 is 0. The molecule has 0 radical (unpaired) electrons. The number of carbonyl (C=O) groups is 3. The Balaban J connectivity index is 1.67. The molecule has 0 saturated carbocycles. The minimum atomic E-state index is -0.447. The molecular formula is C21H25N3O6. The van der Waals surface area contributed by atoms with Gasteiger partial charge in [0.15, 0.2) is 5.76 Å². The summed E-state index contributed by atoms with van der Waals surface area (Å²) in [6.45, 7) is 1.52. The van der Waals surface area contributed by atoms with E-state index in [0.717, 1.165) is 25.9 Å². The number of amides is 3. The molecule has 1 saturated heterocycles. The zero-order chi connectivity index (χ0) is 21.5. The average Bonchev–Trinajstić information content (AvgIpc) is 3.46. The first-order valence-corrected chi connectivity index (χ1v) is 9.70. The predicted molar refractivity (Wildman–Crippen MR) is 110 cm³/mol. The van der Waals surface area contributed by atoms with Crippen LogP contribution in [0.15, 0.2) is 34.9 Å². The van der Waals surface area contributed by atoms with Gasteiger partial charge in [-0.3, -0.25) is 14.4 Å². The minimum Gasteiger partial charge on any atom is -0.494 e. The Labute approximate surface area is 174 Å². The lowest BCUT2D eigenvalue weighted by molar-refractivity contribution is -0.131. The highest BCUT2D eigenvalue weighted by Crippen LogP contribution is 2.36. The molecule has 2 aromatic rings. The van der Waals surface area contributed by atoms with Crippen molar-refractivity contribution in [3.63, 3.8) is 0 Å². The molecule has 2 N–H and O–H groups in total. The molecule has 2 heterocycles. The van der Waals surface area contributed by atoms with Crippen LogP contribution in [0.1, 0.15) is 36.2 Å². The van der Waals surface area contributed by atoms with Crippen LogP contribution in [0, 0.1) is 0 Å². The van der Waals surface area contributed by atoms with Gasteiger partial charge in [-0.05, 0) is 25.0 Å². The van der Waals surface area contributed by atoms with Crippen LogP contribution >= 0.6 is 0 Å². The van der Waals surface area contributed by atoms with E-state index in [9.17, 15) is 14.4 Å². The Morgan fingerprint density at radius 3 is 2.20 bits per heavy atom. The van der Waals surface area contributed by atoms with Gasteiger partial charge in [0.25, 0.3) is 5.91 Å². The van der Waals surface area contributed by atoms with E-state index in [1.165, 1.54) is 26.5 Å². The highest BCUT2D eigenvalue weighted by molar-refractivity contribution is 6.04. The van der Waals surface area contributed by atoms with Gasteiger partial charge in [0.1, 0.15) is 11.5 Å². The van der Waals surface area contributed by atoms with Gasteiger partial charge in [-0.1, -0.05) is 0 Å². The van der Waals surface area contributed by atoms with Crippen molar-refractivity contribution < 1.29 is 28.3 Å². The summed E-state index contributed by atoms with van der Waals surface area (Å²) in [6, 6.07) is 6.25. The standard InChI is InChI=1S/C21H25N3O6/c1-28-17-13-15(23-21(27)16-6-5-11-30-16)18(29-2)12-14(17)22-19(25)7-8-20(26)24-9-3-4-10-24/h5-6,11-13H,3-4,7-10H2,1-2H3,(H,22,25)(H,23,27). The molecule has 30 heavy (non-hydrogen) atoms. The van der Waals surface area contributed by atoms with Crippen molar-refractivity contribution in [2.45, 2.75) is 25.7 Å². The van der Waals surface area contributed by atoms with Gasteiger partial charge in [-0.2, -0.15) is 0 Å². The lowest BCUT2D eigenvalue weighted by Gasteiger charge is -2.17. The number of furan rings is 1. The number of ether oxygens (including phenoxy) is 2. The molecular weight excluding hydrogens is 390 g/mol. The van der Waals surface area contributed by atoms with Crippen molar-refractivity contribution in [2.24, 2.45) is 0 Å². The summed E-state index contributed by atoms with van der Waals surface area (Å²) in [5.74, 6) is 0.0519. The fourth-order valence-corrected chi connectivity index (χ4v) is 3.24. The van der Waals surface area contributed by atoms with E-state index in [1.54, 1.807) is 23.1 Å². The third kappa shape index (κ3) is 5.11. The third-order valence-electron chi connectivity index (χ3n) is 4.81. The Kier molecular flexibility index (Phi) is 6.95. The van der Waals surface area contributed by atoms with Gasteiger partial charge in [0.05, 0.1) is 31.9 Å². The average molecular weight is 415 g/mol. The number of rotatable bonds is 8. The first kappa shape index (κ1) is 21.2. The van der Waals surface area contributed by atoms with Crippen LogP contribution in [0.5, 0.6) is 11.5 Å². The van der Waals surface area contributed by atoms with E-state index < -0.39 is 5.91 Å². The molecule has 3 amide bonds. The molecule has 0 bridgehead atoms. The molecule has 0 spiro atoms. The molecule has 0 unspecified atom stereocenters. The van der Waals surface area contributed by atoms with Gasteiger partial charge in [-0.25, -0.2) is 0 Å². The molecule has 1 aliphatic rings. The Hall–Kier alpha value is -3.49. The first-order valence-electron chi connectivity index (χ1n) is 9.70. The number of hydrogen-bond acceptors (Lipinski definition) is 6. The monoisotopic (exact) mass is 415 g/mol. The van der Waals surface area contributed by atoms with Crippen LogP contribution in [-0.2, 0) is 9.59 Å². The van der Waals surface area contributed by atoms with Crippen LogP contribution in [-0.4, -0.2) is 49.9 Å². The molecule has 3 rings (SSSR count). The highest BCUT2D eigenvalue weighted by Gasteiger charge is 2.20. The van der Waals surface area contributed by atoms with Gasteiger partial charge in [-0.15, -0.1) is 0 Å². The first-order chi connectivity index (χ1) is 14.5. The highest BCUT2D eigenvalue weighted by atomic mass is 16.5. The van der Waals surface area contributed by atoms with E-state index in [0.29, 0.717) is 22.9 Å². The molecule has 9 heteroatoms. The van der Waals surface area contributed by atoms with Crippen molar-refractivity contribution in [3.05, 3.63) is 36.3 Å². The zero-order valence-corrected chi connectivity index (χ0v) is 17.0. The maximum Gasteiger partial charge on any atom is 0.291 e. The molecule has 0 atom stereocenters. The minimum absolute atomic E-state index is 0.0109. The molecule has 1 aromatic heterocycles. The number of carbonyl (C=O) groups excluding carboxylic acids is 3. The number of anilines is 2. The maximum absolute atomic E-state index is 12.4. The SMILES string of the molecule is COc1cc(NC(=O)c2ccco2)c(OC)cc1NC(=O)CCC(=O)N1CCCC1. The van der Waals surface area contributed by atoms with Crippen molar-refractivity contribution in [2.75, 3.05) is 37.9 Å². The molecule has 160 valence electrons. The van der Waals surface area contributed by atoms with Crippen molar-refractivity contribution in [3.8, 4) is 11.5 Å². The summed E-state index contributed by atoms with van der Waals surface area (Å²) in [6.07, 6.45) is 3.65. The van der Waals surface area contributed by atoms with Crippen molar-refractivity contribution in [1.29, 1.82) is 0 Å². The second-order valence-electron chi connectivity index (χ2n) is 6.82. The fourth-order valence-electron chi connectivity index (χ4n) is 3.24. The van der Waals surface area contributed by atoms with E-state index in [2.05, 4.69) is 10.6 Å². The summed E-state index contributed by atoms with van der Waals surface area (Å²) in [4.78, 5) is 38.5. The Bertz CT molecular complexity index is 904. The van der Waals surface area contributed by atoms with E-state index in [4.69, 9.17) is 13.9 Å². The van der Waals surface area contributed by atoms with Crippen LogP contribution in [0.3, 0.4) is 0 Å². The van der Waals surface area contributed by atoms with Crippen LogP contribution in [0.2, 0.25) is 0 Å². The van der Waals surface area contributed by atoms with Crippen LogP contribution < -0.4 is 20.1 Å². The van der Waals surface area contributed by atoms with E-state index in [1.807, 2.05) is 0 Å². The second-order valence-corrected chi connectivity index (χ2v) is 6.82. The molecule has 9 nitrogen and oxygen atoms in total. The number of benzene rings is 1. The topological polar surface area (TPSA) is 110 Å². The number of hydrogen-bond donors (Lipinski definition) is 2. The predicted octanol–water partition coefficient (Wildman–Crippen LogP) is 2.89. The van der Waals surface area contributed by atoms with Crippen molar-refractivity contribution in [1.82, 2.24) is 4.90 Å². The summed E-state index contributed by atoms with van der Waals surface area (Å²) in [7, 11) is 2.90. The number of nitrogens with zero attached hydrogens (tertiary/aromatic N) is 1. The van der Waals surface area contributed by atoms with E-state index >= 15 is 0 Å². The molecule has 1 aliphatic heterocycles. The Morgan fingerprint density at radius 1 is 1.00 bits per heavy atom. The lowest BCUT2D eigenvalue weighted by atomic mass is 10.2. The Morgan fingerprint density at radius 2 is 1.63 bits per heavy atom. The largest absolute Gasteiger partial charge is 0.494 e. The number of nitrogens with one attached hydrogen (secondary N) is 2. The quantitative estimate of drug-likeness (QED) is 0.686. The van der Waals surface area contributed by atoms with Crippen LogP contribution in [0.25, 0.3) is 0 Å². The zero-order valence-electron chi connectivity index (χ0n) is 17.0. The number of likely N-dealkylation sites (tertiary alicyclic amines) is 1. The summed E-state index contributed by atoms with van der Waals surface area (Å²) in [5.41, 5.74) is 0.738.